The highest BCUT2D eigenvalue weighted by Gasteiger charge is 2.50. The quantitative estimate of drug-likeness (QED) is 0.292. The Balaban J connectivity index is 1.41. The van der Waals surface area contributed by atoms with Crippen molar-refractivity contribution in [2.75, 3.05) is 0 Å². The van der Waals surface area contributed by atoms with E-state index >= 15 is 0 Å². The molecule has 4 rings (SSSR count). The van der Waals surface area contributed by atoms with E-state index in [4.69, 9.17) is 4.74 Å². The van der Waals surface area contributed by atoms with Gasteiger partial charge in [0.25, 0.3) is 0 Å². The van der Waals surface area contributed by atoms with Crippen LogP contribution >= 0.6 is 15.9 Å². The first-order chi connectivity index (χ1) is 17.7. The molecule has 3 aliphatic carbocycles. The fraction of sp³-hybridized carbons (Fsp3) is 0.618. The van der Waals surface area contributed by atoms with Gasteiger partial charge in [0.2, 0.25) is 0 Å². The van der Waals surface area contributed by atoms with Gasteiger partial charge in [0.05, 0.1) is 5.56 Å². The summed E-state index contributed by atoms with van der Waals surface area (Å²) in [5.74, 6) is 2.98. The molecule has 3 fully saturated rings. The Bertz CT molecular complexity index is 1020. The van der Waals surface area contributed by atoms with E-state index in [1.807, 2.05) is 24.3 Å². The summed E-state index contributed by atoms with van der Waals surface area (Å²) in [7, 11) is 0. The summed E-state index contributed by atoms with van der Waals surface area (Å²) >= 11 is 3.43. The zero-order valence-electron chi connectivity index (χ0n) is 23.5. The first kappa shape index (κ1) is 28.4. The molecule has 37 heavy (non-hydrogen) atoms. The van der Waals surface area contributed by atoms with Crippen LogP contribution in [0.3, 0.4) is 0 Å². The van der Waals surface area contributed by atoms with E-state index < -0.39 is 0 Å². The summed E-state index contributed by atoms with van der Waals surface area (Å²) in [5, 5.41) is 0. The van der Waals surface area contributed by atoms with E-state index in [0.717, 1.165) is 47.4 Å². The number of rotatable bonds is 8. The predicted molar refractivity (Wildman–Crippen MR) is 159 cm³/mol. The average Bonchev–Trinajstić information content (AvgIpc) is 3.22. The Morgan fingerprint density at radius 3 is 2.59 bits per heavy atom. The Kier molecular flexibility index (Phi) is 9.59. The van der Waals surface area contributed by atoms with Gasteiger partial charge in [-0.1, -0.05) is 92.8 Å². The summed E-state index contributed by atoms with van der Waals surface area (Å²) in [6.07, 6.45) is 18.0. The van der Waals surface area contributed by atoms with Crippen LogP contribution in [0, 0.1) is 29.1 Å². The molecule has 0 saturated heterocycles. The maximum Gasteiger partial charge on any atom is 0.338 e. The molecule has 0 unspecified atom stereocenters. The van der Waals surface area contributed by atoms with Crippen molar-refractivity contribution in [3.63, 3.8) is 0 Å². The van der Waals surface area contributed by atoms with Crippen LogP contribution in [0.4, 0.5) is 0 Å². The van der Waals surface area contributed by atoms with Gasteiger partial charge < -0.3 is 4.74 Å². The number of benzene rings is 1. The lowest BCUT2D eigenvalue weighted by molar-refractivity contribution is 0.0270. The molecular weight excluding hydrogens is 520 g/mol. The van der Waals surface area contributed by atoms with Gasteiger partial charge in [-0.05, 0) is 104 Å². The minimum atomic E-state index is -0.231. The van der Waals surface area contributed by atoms with Gasteiger partial charge in [-0.3, -0.25) is 0 Å². The van der Waals surface area contributed by atoms with E-state index in [0.29, 0.717) is 11.0 Å². The van der Waals surface area contributed by atoms with Crippen molar-refractivity contribution in [1.82, 2.24) is 0 Å². The summed E-state index contributed by atoms with van der Waals surface area (Å²) in [6.45, 7) is 14.2. The largest absolute Gasteiger partial charge is 0.458 e. The van der Waals surface area contributed by atoms with Gasteiger partial charge in [-0.25, -0.2) is 4.79 Å². The third-order valence-electron chi connectivity index (χ3n) is 9.69. The molecule has 3 aliphatic rings. The van der Waals surface area contributed by atoms with Gasteiger partial charge >= 0.3 is 5.97 Å². The third kappa shape index (κ3) is 6.88. The summed E-state index contributed by atoms with van der Waals surface area (Å²) < 4.78 is 6.87. The van der Waals surface area contributed by atoms with Crippen LogP contribution < -0.4 is 0 Å². The average molecular weight is 568 g/mol. The lowest BCUT2D eigenvalue weighted by Crippen LogP contribution is -2.36. The molecular formula is C34H47BrO2. The number of allylic oxidation sites excluding steroid dienone is 4. The zero-order valence-corrected chi connectivity index (χ0v) is 25.1. The van der Waals surface area contributed by atoms with Crippen molar-refractivity contribution >= 4 is 21.9 Å². The van der Waals surface area contributed by atoms with E-state index in [1.165, 1.54) is 62.5 Å². The van der Waals surface area contributed by atoms with Crippen LogP contribution in [-0.2, 0) is 4.74 Å². The second-order valence-corrected chi connectivity index (χ2v) is 13.6. The number of esters is 1. The molecule has 0 amide bonds. The van der Waals surface area contributed by atoms with Crippen molar-refractivity contribution in [1.29, 1.82) is 0 Å². The second-order valence-electron chi connectivity index (χ2n) is 12.7. The smallest absolute Gasteiger partial charge is 0.338 e. The number of ether oxygens (including phenoxy) is 1. The molecule has 2 nitrogen and oxygen atoms in total. The van der Waals surface area contributed by atoms with Crippen LogP contribution in [-0.4, -0.2) is 12.1 Å². The molecule has 0 spiro atoms. The van der Waals surface area contributed by atoms with Crippen molar-refractivity contribution in [2.45, 2.75) is 104 Å². The zero-order chi connectivity index (χ0) is 26.6. The SMILES string of the molecule is C=C1CC[C@H](OC(=O)c2ccc(Br)cc2)C/C1=C/C=C1\CCC[C@]2(C)[C@@H]([C@H](C)CCCC(C)C)CC[C@@H]12. The van der Waals surface area contributed by atoms with Gasteiger partial charge in [-0.15, -0.1) is 0 Å². The van der Waals surface area contributed by atoms with E-state index in [9.17, 15) is 4.79 Å². The van der Waals surface area contributed by atoms with Gasteiger partial charge in [0.1, 0.15) is 6.10 Å². The highest BCUT2D eigenvalue weighted by atomic mass is 79.9. The van der Waals surface area contributed by atoms with E-state index in [2.05, 4.69) is 62.4 Å². The molecule has 1 aromatic rings. The third-order valence-corrected chi connectivity index (χ3v) is 10.2. The van der Waals surface area contributed by atoms with E-state index in [1.54, 1.807) is 5.57 Å². The molecule has 1 aromatic carbocycles. The Labute approximate surface area is 234 Å². The highest BCUT2D eigenvalue weighted by molar-refractivity contribution is 9.10. The Morgan fingerprint density at radius 2 is 1.86 bits per heavy atom. The molecule has 0 aliphatic heterocycles. The lowest BCUT2D eigenvalue weighted by atomic mass is 9.60. The summed E-state index contributed by atoms with van der Waals surface area (Å²) in [4.78, 5) is 12.7. The molecule has 202 valence electrons. The second kappa shape index (κ2) is 12.5. The molecule has 0 radical (unpaired) electrons. The Morgan fingerprint density at radius 1 is 1.11 bits per heavy atom. The van der Waals surface area contributed by atoms with Crippen LogP contribution in [0.1, 0.15) is 109 Å². The van der Waals surface area contributed by atoms with Crippen molar-refractivity contribution < 1.29 is 9.53 Å². The number of carbonyl (C=O) groups excluding carboxylic acids is 1. The molecule has 5 atom stereocenters. The molecule has 0 aromatic heterocycles. The van der Waals surface area contributed by atoms with Crippen LogP contribution in [0.25, 0.3) is 0 Å². The topological polar surface area (TPSA) is 26.3 Å². The fourth-order valence-corrected chi connectivity index (χ4v) is 7.81. The van der Waals surface area contributed by atoms with Crippen LogP contribution in [0.2, 0.25) is 0 Å². The summed E-state index contributed by atoms with van der Waals surface area (Å²) in [5.41, 5.74) is 5.17. The maximum absolute atomic E-state index is 12.7. The molecule has 3 heteroatoms. The number of halogens is 1. The number of hydrogen-bond acceptors (Lipinski definition) is 2. The highest BCUT2D eigenvalue weighted by Crippen LogP contribution is 2.60. The standard InChI is InChI=1S/C34H47BrO2/c1-23(2)8-6-9-25(4)31-19-20-32-26(10-7-21-34(31,32)5)12-13-28-22-30(18-11-24(28)3)37-33(36)27-14-16-29(35)17-15-27/h12-17,23,25,30-32H,3,6-11,18-22H2,1-2,4-5H3/b26-12+,28-13-/t25-,30+,31-,32+,34-/m1/s1. The predicted octanol–water partition coefficient (Wildman–Crippen LogP) is 10.2. The first-order valence-corrected chi connectivity index (χ1v) is 15.5. The lowest BCUT2D eigenvalue weighted by Gasteiger charge is -2.44. The summed E-state index contributed by atoms with van der Waals surface area (Å²) in [6, 6.07) is 7.40. The van der Waals surface area contributed by atoms with Crippen LogP contribution in [0.15, 0.2) is 64.2 Å². The Hall–Kier alpha value is -1.61. The van der Waals surface area contributed by atoms with E-state index in [-0.39, 0.29) is 12.1 Å². The number of carbonyl (C=O) groups is 1. The van der Waals surface area contributed by atoms with Crippen molar-refractivity contribution in [2.24, 2.45) is 29.1 Å². The first-order valence-electron chi connectivity index (χ1n) is 14.7. The van der Waals surface area contributed by atoms with Crippen molar-refractivity contribution in [3.05, 3.63) is 69.8 Å². The minimum Gasteiger partial charge on any atom is -0.458 e. The molecule has 0 N–H and O–H groups in total. The van der Waals surface area contributed by atoms with Crippen LogP contribution in [0.5, 0.6) is 0 Å². The van der Waals surface area contributed by atoms with Gasteiger partial charge in [0.15, 0.2) is 0 Å². The monoisotopic (exact) mass is 566 g/mol. The molecule has 0 heterocycles. The van der Waals surface area contributed by atoms with Gasteiger partial charge in [-0.2, -0.15) is 0 Å². The maximum atomic E-state index is 12.7. The molecule has 0 bridgehead atoms. The fourth-order valence-electron chi connectivity index (χ4n) is 7.55. The van der Waals surface area contributed by atoms with Crippen molar-refractivity contribution in [3.8, 4) is 0 Å². The number of hydrogen-bond donors (Lipinski definition) is 0. The minimum absolute atomic E-state index is 0.0783. The normalized spacial score (nSPS) is 31.1. The molecule has 3 saturated carbocycles. The van der Waals surface area contributed by atoms with Gasteiger partial charge in [0, 0.05) is 10.9 Å². The number of fused-ring (bicyclic) bond motifs is 1.